The number of ether oxygens (including phenoxy) is 1. The standard InChI is InChI=1S/C16H15N3O/c17-9-13-7-14(18)10-19-16(13)20-15-6-5-11-3-1-2-4-12(11)8-15/h5-8,10H,1-4,18H2. The summed E-state index contributed by atoms with van der Waals surface area (Å²) < 4.78 is 5.73. The number of hydrogen-bond acceptors (Lipinski definition) is 4. The Kier molecular flexibility index (Phi) is 3.26. The molecular weight excluding hydrogens is 250 g/mol. The van der Waals surface area contributed by atoms with E-state index >= 15 is 0 Å². The monoisotopic (exact) mass is 265 g/mol. The molecule has 3 rings (SSSR count). The van der Waals surface area contributed by atoms with Gasteiger partial charge in [0.2, 0.25) is 5.88 Å². The predicted octanol–water partition coefficient (Wildman–Crippen LogP) is 3.21. The van der Waals surface area contributed by atoms with Gasteiger partial charge in [0.1, 0.15) is 17.4 Å². The molecule has 0 spiro atoms. The van der Waals surface area contributed by atoms with Crippen molar-refractivity contribution in [2.45, 2.75) is 25.7 Å². The number of nitrogen functional groups attached to an aromatic ring is 1. The Balaban J connectivity index is 1.90. The summed E-state index contributed by atoms with van der Waals surface area (Å²) in [6.07, 6.45) is 6.20. The molecule has 0 fully saturated rings. The lowest BCUT2D eigenvalue weighted by Crippen LogP contribution is -2.02. The Labute approximate surface area is 117 Å². The molecule has 4 nitrogen and oxygen atoms in total. The number of fused-ring (bicyclic) bond motifs is 1. The maximum Gasteiger partial charge on any atom is 0.237 e. The number of aromatic nitrogens is 1. The van der Waals surface area contributed by atoms with E-state index in [4.69, 9.17) is 15.7 Å². The maximum absolute atomic E-state index is 9.09. The number of rotatable bonds is 2. The van der Waals surface area contributed by atoms with Crippen molar-refractivity contribution in [2.24, 2.45) is 0 Å². The van der Waals surface area contributed by atoms with Gasteiger partial charge in [0, 0.05) is 0 Å². The molecule has 1 heterocycles. The van der Waals surface area contributed by atoms with E-state index in [0.717, 1.165) is 18.6 Å². The number of anilines is 1. The van der Waals surface area contributed by atoms with Gasteiger partial charge in [-0.25, -0.2) is 4.98 Å². The topological polar surface area (TPSA) is 71.9 Å². The van der Waals surface area contributed by atoms with Crippen LogP contribution in [0, 0.1) is 11.3 Å². The first-order valence-corrected chi connectivity index (χ1v) is 6.71. The van der Waals surface area contributed by atoms with Crippen LogP contribution in [-0.2, 0) is 12.8 Å². The van der Waals surface area contributed by atoms with Gasteiger partial charge in [0.15, 0.2) is 0 Å². The molecule has 1 aliphatic rings. The summed E-state index contributed by atoms with van der Waals surface area (Å²) in [5.74, 6) is 1.02. The lowest BCUT2D eigenvalue weighted by molar-refractivity contribution is 0.460. The summed E-state index contributed by atoms with van der Waals surface area (Å²) in [5.41, 5.74) is 9.16. The second kappa shape index (κ2) is 5.22. The molecule has 2 aromatic rings. The van der Waals surface area contributed by atoms with Crippen LogP contribution in [0.2, 0.25) is 0 Å². The minimum absolute atomic E-state index is 0.303. The Morgan fingerprint density at radius 2 is 1.95 bits per heavy atom. The van der Waals surface area contributed by atoms with Crippen LogP contribution in [0.25, 0.3) is 0 Å². The lowest BCUT2D eigenvalue weighted by Gasteiger charge is -2.16. The average Bonchev–Trinajstić information content (AvgIpc) is 2.49. The van der Waals surface area contributed by atoms with Gasteiger partial charge < -0.3 is 10.5 Å². The number of nitriles is 1. The van der Waals surface area contributed by atoms with Crippen molar-refractivity contribution in [3.05, 3.63) is 47.2 Å². The third-order valence-corrected chi connectivity index (χ3v) is 3.53. The minimum atomic E-state index is 0.303. The number of benzene rings is 1. The van der Waals surface area contributed by atoms with E-state index in [9.17, 15) is 0 Å². The average molecular weight is 265 g/mol. The maximum atomic E-state index is 9.09. The molecule has 0 unspecified atom stereocenters. The fourth-order valence-electron chi connectivity index (χ4n) is 2.51. The second-order valence-corrected chi connectivity index (χ2v) is 4.97. The summed E-state index contributed by atoms with van der Waals surface area (Å²) in [4.78, 5) is 4.09. The quantitative estimate of drug-likeness (QED) is 0.905. The first-order valence-electron chi connectivity index (χ1n) is 6.71. The molecule has 4 heteroatoms. The van der Waals surface area contributed by atoms with E-state index in [1.165, 1.54) is 30.2 Å². The molecule has 0 atom stereocenters. The first-order chi connectivity index (χ1) is 9.76. The minimum Gasteiger partial charge on any atom is -0.438 e. The second-order valence-electron chi connectivity index (χ2n) is 4.97. The van der Waals surface area contributed by atoms with Crippen molar-refractivity contribution in [3.63, 3.8) is 0 Å². The van der Waals surface area contributed by atoms with E-state index in [0.29, 0.717) is 17.1 Å². The van der Waals surface area contributed by atoms with Crippen molar-refractivity contribution in [1.82, 2.24) is 4.98 Å². The highest BCUT2D eigenvalue weighted by molar-refractivity contribution is 5.50. The van der Waals surface area contributed by atoms with Gasteiger partial charge in [0.05, 0.1) is 11.9 Å². The van der Waals surface area contributed by atoms with Crippen LogP contribution in [0.3, 0.4) is 0 Å². The number of aryl methyl sites for hydroxylation is 2. The molecule has 0 radical (unpaired) electrons. The zero-order valence-corrected chi connectivity index (χ0v) is 11.1. The largest absolute Gasteiger partial charge is 0.438 e. The van der Waals surface area contributed by atoms with Crippen molar-refractivity contribution in [1.29, 1.82) is 5.26 Å². The molecule has 1 aliphatic carbocycles. The summed E-state index contributed by atoms with van der Waals surface area (Å²) >= 11 is 0. The molecule has 0 saturated heterocycles. The third-order valence-electron chi connectivity index (χ3n) is 3.53. The zero-order chi connectivity index (χ0) is 13.9. The van der Waals surface area contributed by atoms with Crippen LogP contribution in [0.1, 0.15) is 29.5 Å². The molecule has 100 valence electrons. The van der Waals surface area contributed by atoms with Crippen LogP contribution in [0.4, 0.5) is 5.69 Å². The first kappa shape index (κ1) is 12.5. The van der Waals surface area contributed by atoms with Crippen LogP contribution in [0.5, 0.6) is 11.6 Å². The Bertz CT molecular complexity index is 689. The van der Waals surface area contributed by atoms with Gasteiger partial charge in [-0.15, -0.1) is 0 Å². The van der Waals surface area contributed by atoms with Gasteiger partial charge in [-0.2, -0.15) is 5.26 Å². The number of nitrogens with zero attached hydrogens (tertiary/aromatic N) is 2. The molecule has 0 saturated carbocycles. The van der Waals surface area contributed by atoms with Crippen LogP contribution in [-0.4, -0.2) is 4.98 Å². The van der Waals surface area contributed by atoms with Gasteiger partial charge >= 0.3 is 0 Å². The zero-order valence-electron chi connectivity index (χ0n) is 11.1. The van der Waals surface area contributed by atoms with Gasteiger partial charge in [-0.1, -0.05) is 6.07 Å². The van der Waals surface area contributed by atoms with Crippen molar-refractivity contribution in [2.75, 3.05) is 5.73 Å². The summed E-state index contributed by atoms with van der Waals surface area (Å²) in [6, 6.07) is 9.71. The number of nitrogens with two attached hydrogens (primary N) is 1. The Morgan fingerprint density at radius 1 is 1.15 bits per heavy atom. The summed E-state index contributed by atoms with van der Waals surface area (Å²) in [7, 11) is 0. The van der Waals surface area contributed by atoms with Crippen molar-refractivity contribution in [3.8, 4) is 17.7 Å². The molecule has 2 N–H and O–H groups in total. The van der Waals surface area contributed by atoms with E-state index in [1.807, 2.05) is 12.1 Å². The molecule has 1 aromatic carbocycles. The summed E-state index contributed by atoms with van der Waals surface area (Å²) in [6.45, 7) is 0. The number of hydrogen-bond donors (Lipinski definition) is 1. The van der Waals surface area contributed by atoms with Gasteiger partial charge in [-0.05, 0) is 55.0 Å². The molecule has 20 heavy (non-hydrogen) atoms. The van der Waals surface area contributed by atoms with Crippen LogP contribution < -0.4 is 10.5 Å². The third kappa shape index (κ3) is 2.43. The van der Waals surface area contributed by atoms with Crippen molar-refractivity contribution < 1.29 is 4.74 Å². The van der Waals surface area contributed by atoms with E-state index in [2.05, 4.69) is 17.1 Å². The Hall–Kier alpha value is -2.54. The van der Waals surface area contributed by atoms with E-state index in [1.54, 1.807) is 6.07 Å². The molecule has 0 amide bonds. The highest BCUT2D eigenvalue weighted by Crippen LogP contribution is 2.29. The normalized spacial score (nSPS) is 13.3. The SMILES string of the molecule is N#Cc1cc(N)cnc1Oc1ccc2c(c1)CCCC2. The molecular formula is C16H15N3O. The van der Waals surface area contributed by atoms with Crippen LogP contribution >= 0.6 is 0 Å². The Morgan fingerprint density at radius 3 is 2.75 bits per heavy atom. The fourth-order valence-corrected chi connectivity index (χ4v) is 2.51. The smallest absolute Gasteiger partial charge is 0.237 e. The van der Waals surface area contributed by atoms with Gasteiger partial charge in [0.25, 0.3) is 0 Å². The molecule has 1 aromatic heterocycles. The summed E-state index contributed by atoms with van der Waals surface area (Å²) in [5, 5.41) is 9.09. The van der Waals surface area contributed by atoms with Crippen LogP contribution in [0.15, 0.2) is 30.5 Å². The van der Waals surface area contributed by atoms with E-state index < -0.39 is 0 Å². The predicted molar refractivity (Wildman–Crippen MR) is 76.5 cm³/mol. The van der Waals surface area contributed by atoms with Gasteiger partial charge in [-0.3, -0.25) is 0 Å². The highest BCUT2D eigenvalue weighted by Gasteiger charge is 2.12. The van der Waals surface area contributed by atoms with Crippen molar-refractivity contribution >= 4 is 5.69 Å². The fraction of sp³-hybridized carbons (Fsp3) is 0.250. The van der Waals surface area contributed by atoms with E-state index in [-0.39, 0.29) is 0 Å². The highest BCUT2D eigenvalue weighted by atomic mass is 16.5. The number of pyridine rings is 1. The molecule has 0 bridgehead atoms. The molecule has 0 aliphatic heterocycles. The lowest BCUT2D eigenvalue weighted by atomic mass is 9.92.